The van der Waals surface area contributed by atoms with E-state index in [9.17, 15) is 9.59 Å². The molecule has 0 bridgehead atoms. The lowest BCUT2D eigenvalue weighted by molar-refractivity contribution is -0.145. The van der Waals surface area contributed by atoms with Gasteiger partial charge in [-0.2, -0.15) is 0 Å². The van der Waals surface area contributed by atoms with Gasteiger partial charge in [-0.3, -0.25) is 9.59 Å². The molecular weight excluding hydrogens is 278 g/mol. The highest BCUT2D eigenvalue weighted by Gasteiger charge is 2.32. The zero-order valence-corrected chi connectivity index (χ0v) is 13.5. The molecule has 0 saturated carbocycles. The summed E-state index contributed by atoms with van der Waals surface area (Å²) >= 11 is 0. The van der Waals surface area contributed by atoms with Gasteiger partial charge in [-0.25, -0.2) is 0 Å². The maximum absolute atomic E-state index is 12.5. The van der Waals surface area contributed by atoms with E-state index >= 15 is 0 Å². The van der Waals surface area contributed by atoms with Gasteiger partial charge in [0.15, 0.2) is 0 Å². The lowest BCUT2D eigenvalue weighted by atomic mass is 9.81. The van der Waals surface area contributed by atoms with Crippen LogP contribution in [0.2, 0.25) is 0 Å². The number of hydrogen-bond acceptors (Lipinski definition) is 3. The quantitative estimate of drug-likeness (QED) is 0.785. The Kier molecular flexibility index (Phi) is 5.99. The van der Waals surface area contributed by atoms with E-state index in [1.807, 2.05) is 42.2 Å². The fourth-order valence-electron chi connectivity index (χ4n) is 3.19. The molecule has 0 spiro atoms. The van der Waals surface area contributed by atoms with Gasteiger partial charge >= 0.3 is 5.97 Å². The molecule has 1 amide bonds. The number of ether oxygens (including phenoxy) is 1. The van der Waals surface area contributed by atoms with Crippen LogP contribution in [-0.2, 0) is 9.53 Å². The predicted molar refractivity (Wildman–Crippen MR) is 85.5 cm³/mol. The Morgan fingerprint density at radius 1 is 1.18 bits per heavy atom. The number of piperidine rings is 1. The van der Waals surface area contributed by atoms with E-state index in [-0.39, 0.29) is 11.9 Å². The number of likely N-dealkylation sites (tertiary alicyclic amines) is 1. The van der Waals surface area contributed by atoms with Crippen LogP contribution in [-0.4, -0.2) is 36.5 Å². The predicted octanol–water partition coefficient (Wildman–Crippen LogP) is 3.13. The van der Waals surface area contributed by atoms with Crippen LogP contribution >= 0.6 is 0 Å². The number of carbonyl (C=O) groups excluding carboxylic acids is 2. The van der Waals surface area contributed by atoms with Crippen molar-refractivity contribution in [2.75, 3.05) is 19.7 Å². The Morgan fingerprint density at radius 2 is 1.91 bits per heavy atom. The van der Waals surface area contributed by atoms with Crippen molar-refractivity contribution in [1.29, 1.82) is 0 Å². The third-order valence-electron chi connectivity index (χ3n) is 4.46. The average Bonchev–Trinajstić information content (AvgIpc) is 2.55. The summed E-state index contributed by atoms with van der Waals surface area (Å²) in [6.07, 6.45) is 2.32. The molecule has 1 aromatic rings. The van der Waals surface area contributed by atoms with E-state index < -0.39 is 0 Å². The average molecular weight is 303 g/mol. The van der Waals surface area contributed by atoms with Crippen LogP contribution in [0.15, 0.2) is 30.3 Å². The molecule has 1 heterocycles. The van der Waals surface area contributed by atoms with Crippen molar-refractivity contribution < 1.29 is 14.3 Å². The summed E-state index contributed by atoms with van der Waals surface area (Å²) in [5.74, 6) is 0.664. The van der Waals surface area contributed by atoms with Gasteiger partial charge in [0.1, 0.15) is 0 Å². The normalized spacial score (nSPS) is 21.5. The molecule has 2 atom stereocenters. The first kappa shape index (κ1) is 16.5. The molecule has 0 aliphatic carbocycles. The molecule has 1 aliphatic rings. The summed E-state index contributed by atoms with van der Waals surface area (Å²) in [5.41, 5.74) is 0.737. The first-order valence-corrected chi connectivity index (χ1v) is 8.15. The van der Waals surface area contributed by atoms with Gasteiger partial charge in [0, 0.05) is 25.1 Å². The van der Waals surface area contributed by atoms with Crippen molar-refractivity contribution in [3.63, 3.8) is 0 Å². The van der Waals surface area contributed by atoms with Crippen LogP contribution in [0.4, 0.5) is 0 Å². The third-order valence-corrected chi connectivity index (χ3v) is 4.46. The standard InChI is InChI=1S/C18H25NO3/c1-3-14-13-19(18(21)15-8-6-5-7-9-15)11-10-16(14)12-17(20)22-4-2/h5-9,14,16H,3-4,10-13H2,1-2H3. The molecule has 2 rings (SSSR count). The van der Waals surface area contributed by atoms with Gasteiger partial charge in [0.2, 0.25) is 0 Å². The van der Waals surface area contributed by atoms with Gasteiger partial charge in [-0.1, -0.05) is 31.5 Å². The Bertz CT molecular complexity index is 500. The number of amides is 1. The number of rotatable bonds is 5. The number of hydrogen-bond donors (Lipinski definition) is 0. The van der Waals surface area contributed by atoms with Gasteiger partial charge in [-0.15, -0.1) is 0 Å². The lowest BCUT2D eigenvalue weighted by Gasteiger charge is -2.38. The van der Waals surface area contributed by atoms with Crippen LogP contribution in [0, 0.1) is 11.8 Å². The second-order valence-electron chi connectivity index (χ2n) is 5.84. The molecule has 0 radical (unpaired) electrons. The van der Waals surface area contributed by atoms with Crippen LogP contribution in [0.25, 0.3) is 0 Å². The zero-order valence-electron chi connectivity index (χ0n) is 13.5. The van der Waals surface area contributed by atoms with Gasteiger partial charge in [0.25, 0.3) is 5.91 Å². The molecule has 4 nitrogen and oxygen atoms in total. The van der Waals surface area contributed by atoms with Crippen LogP contribution < -0.4 is 0 Å². The molecule has 1 fully saturated rings. The molecule has 1 saturated heterocycles. The van der Waals surface area contributed by atoms with Crippen molar-refractivity contribution in [1.82, 2.24) is 4.90 Å². The summed E-state index contributed by atoms with van der Waals surface area (Å²) in [7, 11) is 0. The monoisotopic (exact) mass is 303 g/mol. The molecule has 1 aliphatic heterocycles. The summed E-state index contributed by atoms with van der Waals surface area (Å²) in [6, 6.07) is 9.40. The summed E-state index contributed by atoms with van der Waals surface area (Å²) in [6.45, 7) is 5.83. The topological polar surface area (TPSA) is 46.6 Å². The lowest BCUT2D eigenvalue weighted by Crippen LogP contribution is -2.44. The zero-order chi connectivity index (χ0) is 15.9. The minimum atomic E-state index is -0.117. The molecule has 22 heavy (non-hydrogen) atoms. The largest absolute Gasteiger partial charge is 0.466 e. The first-order chi connectivity index (χ1) is 10.7. The fraction of sp³-hybridized carbons (Fsp3) is 0.556. The highest BCUT2D eigenvalue weighted by atomic mass is 16.5. The number of benzene rings is 1. The van der Waals surface area contributed by atoms with E-state index in [0.29, 0.717) is 31.4 Å². The molecule has 1 aromatic carbocycles. The smallest absolute Gasteiger partial charge is 0.306 e. The maximum atomic E-state index is 12.5. The Labute approximate surface area is 132 Å². The summed E-state index contributed by atoms with van der Waals surface area (Å²) in [4.78, 5) is 26.2. The van der Waals surface area contributed by atoms with E-state index in [0.717, 1.165) is 24.9 Å². The first-order valence-electron chi connectivity index (χ1n) is 8.15. The van der Waals surface area contributed by atoms with Crippen LogP contribution in [0.3, 0.4) is 0 Å². The van der Waals surface area contributed by atoms with Gasteiger partial charge in [0.05, 0.1) is 6.61 Å². The molecule has 2 unspecified atom stereocenters. The van der Waals surface area contributed by atoms with E-state index in [4.69, 9.17) is 4.74 Å². The molecular formula is C18H25NO3. The SMILES string of the molecule is CCOC(=O)CC1CCN(C(=O)c2ccccc2)CC1CC. The van der Waals surface area contributed by atoms with Gasteiger partial charge in [-0.05, 0) is 37.3 Å². The summed E-state index contributed by atoms with van der Waals surface area (Å²) < 4.78 is 5.06. The van der Waals surface area contributed by atoms with Crippen LogP contribution in [0.1, 0.15) is 43.5 Å². The highest BCUT2D eigenvalue weighted by molar-refractivity contribution is 5.94. The molecule has 4 heteroatoms. The number of nitrogens with zero attached hydrogens (tertiary/aromatic N) is 1. The van der Waals surface area contributed by atoms with Crippen molar-refractivity contribution in [2.24, 2.45) is 11.8 Å². The van der Waals surface area contributed by atoms with E-state index in [1.165, 1.54) is 0 Å². The van der Waals surface area contributed by atoms with Gasteiger partial charge < -0.3 is 9.64 Å². The van der Waals surface area contributed by atoms with Crippen LogP contribution in [0.5, 0.6) is 0 Å². The molecule has 0 N–H and O–H groups in total. The fourth-order valence-corrected chi connectivity index (χ4v) is 3.19. The summed E-state index contributed by atoms with van der Waals surface area (Å²) in [5, 5.41) is 0. The Hall–Kier alpha value is -1.84. The highest BCUT2D eigenvalue weighted by Crippen LogP contribution is 2.30. The maximum Gasteiger partial charge on any atom is 0.306 e. The van der Waals surface area contributed by atoms with Crippen molar-refractivity contribution in [2.45, 2.75) is 33.1 Å². The van der Waals surface area contributed by atoms with Crippen molar-refractivity contribution >= 4 is 11.9 Å². The second kappa shape index (κ2) is 7.97. The minimum Gasteiger partial charge on any atom is -0.466 e. The third kappa shape index (κ3) is 4.09. The van der Waals surface area contributed by atoms with Crippen molar-refractivity contribution in [3.05, 3.63) is 35.9 Å². The minimum absolute atomic E-state index is 0.0913. The Morgan fingerprint density at radius 3 is 2.55 bits per heavy atom. The second-order valence-corrected chi connectivity index (χ2v) is 5.84. The van der Waals surface area contributed by atoms with E-state index in [1.54, 1.807) is 0 Å². The number of esters is 1. The molecule has 0 aromatic heterocycles. The Balaban J connectivity index is 1.97. The molecule has 120 valence electrons. The van der Waals surface area contributed by atoms with E-state index in [2.05, 4.69) is 6.92 Å². The van der Waals surface area contributed by atoms with Crippen molar-refractivity contribution in [3.8, 4) is 0 Å². The number of carbonyl (C=O) groups is 2.